The van der Waals surface area contributed by atoms with Gasteiger partial charge in [0, 0.05) is 23.7 Å². The Bertz CT molecular complexity index is 465. The lowest BCUT2D eigenvalue weighted by molar-refractivity contribution is -0.136. The Morgan fingerprint density at radius 2 is 2.21 bits per heavy atom. The van der Waals surface area contributed by atoms with E-state index in [9.17, 15) is 4.79 Å². The van der Waals surface area contributed by atoms with Gasteiger partial charge in [0.1, 0.15) is 5.75 Å². The summed E-state index contributed by atoms with van der Waals surface area (Å²) in [4.78, 5) is 14.0. The Kier molecular flexibility index (Phi) is 4.94. The average molecular weight is 302 g/mol. The highest BCUT2D eigenvalue weighted by atomic mass is 35.5. The number of hydrogen-bond donors (Lipinski definition) is 0. The SMILES string of the molecule is C[C@@H]1CCCCN1C(=O)COc1cc(Cl)ccc1Cl. The van der Waals surface area contributed by atoms with E-state index in [0.29, 0.717) is 21.8 Å². The van der Waals surface area contributed by atoms with Crippen molar-refractivity contribution in [1.82, 2.24) is 4.90 Å². The summed E-state index contributed by atoms with van der Waals surface area (Å²) in [5, 5.41) is 1.00. The molecule has 5 heteroatoms. The molecule has 1 aromatic carbocycles. The van der Waals surface area contributed by atoms with Crippen molar-refractivity contribution in [2.75, 3.05) is 13.2 Å². The van der Waals surface area contributed by atoms with Crippen LogP contribution in [0, 0.1) is 0 Å². The van der Waals surface area contributed by atoms with Gasteiger partial charge in [-0.1, -0.05) is 23.2 Å². The van der Waals surface area contributed by atoms with Gasteiger partial charge in [-0.2, -0.15) is 0 Å². The lowest BCUT2D eigenvalue weighted by Gasteiger charge is -2.33. The highest BCUT2D eigenvalue weighted by Gasteiger charge is 2.23. The molecule has 0 N–H and O–H groups in total. The van der Waals surface area contributed by atoms with Gasteiger partial charge in [-0.05, 0) is 38.3 Å². The van der Waals surface area contributed by atoms with E-state index in [1.54, 1.807) is 18.2 Å². The molecule has 0 radical (unpaired) electrons. The van der Waals surface area contributed by atoms with Gasteiger partial charge < -0.3 is 9.64 Å². The largest absolute Gasteiger partial charge is 0.482 e. The maximum absolute atomic E-state index is 12.1. The monoisotopic (exact) mass is 301 g/mol. The smallest absolute Gasteiger partial charge is 0.260 e. The van der Waals surface area contributed by atoms with Gasteiger partial charge in [-0.3, -0.25) is 4.79 Å². The Labute approximate surface area is 123 Å². The van der Waals surface area contributed by atoms with Gasteiger partial charge >= 0.3 is 0 Å². The molecule has 0 spiro atoms. The number of carbonyl (C=O) groups is 1. The molecule has 0 saturated carbocycles. The van der Waals surface area contributed by atoms with Crippen molar-refractivity contribution in [1.29, 1.82) is 0 Å². The molecule has 0 aliphatic carbocycles. The molecular weight excluding hydrogens is 285 g/mol. The van der Waals surface area contributed by atoms with Gasteiger partial charge in [0.2, 0.25) is 0 Å². The molecule has 2 rings (SSSR count). The first-order chi connectivity index (χ1) is 9.08. The minimum atomic E-state index is 0.00300. The fourth-order valence-electron chi connectivity index (χ4n) is 2.28. The van der Waals surface area contributed by atoms with Crippen molar-refractivity contribution in [2.45, 2.75) is 32.2 Å². The van der Waals surface area contributed by atoms with E-state index >= 15 is 0 Å². The van der Waals surface area contributed by atoms with Crippen molar-refractivity contribution in [3.63, 3.8) is 0 Å². The molecule has 1 heterocycles. The fraction of sp³-hybridized carbons (Fsp3) is 0.500. The van der Waals surface area contributed by atoms with Crippen LogP contribution in [0.1, 0.15) is 26.2 Å². The summed E-state index contributed by atoms with van der Waals surface area (Å²) in [5.74, 6) is 0.454. The molecule has 104 valence electrons. The number of ether oxygens (including phenoxy) is 1. The molecule has 1 saturated heterocycles. The molecule has 1 amide bonds. The third kappa shape index (κ3) is 3.77. The average Bonchev–Trinajstić information content (AvgIpc) is 2.40. The summed E-state index contributed by atoms with van der Waals surface area (Å²) >= 11 is 11.9. The fourth-order valence-corrected chi connectivity index (χ4v) is 2.61. The molecule has 1 atom stereocenters. The molecule has 0 bridgehead atoms. The third-order valence-electron chi connectivity index (χ3n) is 3.37. The van der Waals surface area contributed by atoms with Gasteiger partial charge in [0.15, 0.2) is 6.61 Å². The van der Waals surface area contributed by atoms with Crippen LogP contribution in [0.25, 0.3) is 0 Å². The van der Waals surface area contributed by atoms with E-state index in [-0.39, 0.29) is 12.5 Å². The maximum atomic E-state index is 12.1. The number of hydrogen-bond acceptors (Lipinski definition) is 2. The minimum absolute atomic E-state index is 0.00300. The van der Waals surface area contributed by atoms with Crippen molar-refractivity contribution in [3.05, 3.63) is 28.2 Å². The first-order valence-corrected chi connectivity index (χ1v) is 7.21. The standard InChI is InChI=1S/C14H17Cl2NO2/c1-10-4-2-3-7-17(10)14(18)9-19-13-8-11(15)5-6-12(13)16/h5-6,8,10H,2-4,7,9H2,1H3/t10-/m1/s1. The predicted octanol–water partition coefficient (Wildman–Crippen LogP) is 3.77. The number of amides is 1. The van der Waals surface area contributed by atoms with Crippen LogP contribution in [0.15, 0.2) is 18.2 Å². The third-order valence-corrected chi connectivity index (χ3v) is 3.92. The summed E-state index contributed by atoms with van der Waals surface area (Å²) in [7, 11) is 0. The summed E-state index contributed by atoms with van der Waals surface area (Å²) in [6, 6.07) is 5.26. The normalized spacial score (nSPS) is 19.3. The molecule has 0 aromatic heterocycles. The number of carbonyl (C=O) groups excluding carboxylic acids is 1. The maximum Gasteiger partial charge on any atom is 0.260 e. The molecular formula is C14H17Cl2NO2. The van der Waals surface area contributed by atoms with E-state index < -0.39 is 0 Å². The van der Waals surface area contributed by atoms with E-state index in [1.165, 1.54) is 6.42 Å². The quantitative estimate of drug-likeness (QED) is 0.850. The predicted molar refractivity (Wildman–Crippen MR) is 77.0 cm³/mol. The van der Waals surface area contributed by atoms with E-state index in [0.717, 1.165) is 19.4 Å². The molecule has 1 fully saturated rings. The van der Waals surface area contributed by atoms with Crippen LogP contribution in [0.2, 0.25) is 10.0 Å². The van der Waals surface area contributed by atoms with Gasteiger partial charge in [0.05, 0.1) is 5.02 Å². The van der Waals surface area contributed by atoms with Crippen LogP contribution in [-0.2, 0) is 4.79 Å². The zero-order chi connectivity index (χ0) is 13.8. The van der Waals surface area contributed by atoms with Crippen LogP contribution in [0.5, 0.6) is 5.75 Å². The van der Waals surface area contributed by atoms with Crippen LogP contribution in [0.4, 0.5) is 0 Å². The van der Waals surface area contributed by atoms with Crippen molar-refractivity contribution < 1.29 is 9.53 Å². The number of likely N-dealkylation sites (tertiary alicyclic amines) is 1. The molecule has 19 heavy (non-hydrogen) atoms. The van der Waals surface area contributed by atoms with Crippen LogP contribution >= 0.6 is 23.2 Å². The van der Waals surface area contributed by atoms with Crippen LogP contribution < -0.4 is 4.74 Å². The second kappa shape index (κ2) is 6.49. The Balaban J connectivity index is 1.94. The van der Waals surface area contributed by atoms with Gasteiger partial charge in [-0.25, -0.2) is 0 Å². The van der Waals surface area contributed by atoms with Gasteiger partial charge in [-0.15, -0.1) is 0 Å². The Morgan fingerprint density at radius 3 is 2.95 bits per heavy atom. The zero-order valence-corrected chi connectivity index (χ0v) is 12.4. The summed E-state index contributed by atoms with van der Waals surface area (Å²) in [6.45, 7) is 2.89. The van der Waals surface area contributed by atoms with Gasteiger partial charge in [0.25, 0.3) is 5.91 Å². The van der Waals surface area contributed by atoms with Crippen molar-refractivity contribution >= 4 is 29.1 Å². The second-order valence-corrected chi connectivity index (χ2v) is 5.64. The Hall–Kier alpha value is -0.930. The number of halogens is 2. The molecule has 1 aliphatic rings. The summed E-state index contributed by atoms with van der Waals surface area (Å²) in [6.07, 6.45) is 3.31. The zero-order valence-electron chi connectivity index (χ0n) is 10.9. The summed E-state index contributed by atoms with van der Waals surface area (Å²) in [5.41, 5.74) is 0. The first-order valence-electron chi connectivity index (χ1n) is 6.45. The molecule has 1 aliphatic heterocycles. The number of piperidine rings is 1. The van der Waals surface area contributed by atoms with E-state index in [1.807, 2.05) is 4.90 Å². The van der Waals surface area contributed by atoms with Crippen molar-refractivity contribution in [2.24, 2.45) is 0 Å². The number of nitrogens with zero attached hydrogens (tertiary/aromatic N) is 1. The minimum Gasteiger partial charge on any atom is -0.482 e. The molecule has 3 nitrogen and oxygen atoms in total. The lowest BCUT2D eigenvalue weighted by Crippen LogP contribution is -2.44. The van der Waals surface area contributed by atoms with Crippen molar-refractivity contribution in [3.8, 4) is 5.75 Å². The Morgan fingerprint density at radius 1 is 1.42 bits per heavy atom. The number of rotatable bonds is 3. The first kappa shape index (κ1) is 14.5. The van der Waals surface area contributed by atoms with E-state index in [2.05, 4.69) is 6.92 Å². The summed E-state index contributed by atoms with van der Waals surface area (Å²) < 4.78 is 5.47. The molecule has 1 aromatic rings. The number of benzene rings is 1. The highest BCUT2D eigenvalue weighted by molar-refractivity contribution is 6.34. The van der Waals surface area contributed by atoms with Crippen LogP contribution in [0.3, 0.4) is 0 Å². The molecule has 0 unspecified atom stereocenters. The van der Waals surface area contributed by atoms with E-state index in [4.69, 9.17) is 27.9 Å². The lowest BCUT2D eigenvalue weighted by atomic mass is 10.0. The topological polar surface area (TPSA) is 29.5 Å². The van der Waals surface area contributed by atoms with Crippen LogP contribution in [-0.4, -0.2) is 30.0 Å². The second-order valence-electron chi connectivity index (χ2n) is 4.80. The highest BCUT2D eigenvalue weighted by Crippen LogP contribution is 2.27.